The highest BCUT2D eigenvalue weighted by Gasteiger charge is 2.27. The van der Waals surface area contributed by atoms with Crippen LogP contribution in [-0.4, -0.2) is 17.7 Å². The number of nitrogens with two attached hydrogens (primary N) is 1. The van der Waals surface area contributed by atoms with Crippen molar-refractivity contribution in [3.8, 4) is 5.75 Å². The second kappa shape index (κ2) is 3.21. The summed E-state index contributed by atoms with van der Waals surface area (Å²) in [6.45, 7) is 0.452. The number of carboxylic acid groups (broad SMARTS) is 1. The van der Waals surface area contributed by atoms with Crippen LogP contribution in [0.1, 0.15) is 17.9 Å². The first-order chi connectivity index (χ1) is 6.68. The number of anilines is 1. The molecule has 1 unspecified atom stereocenters. The average Bonchev–Trinajstić information content (AvgIpc) is 2.16. The molecular weight excluding hydrogens is 182 g/mol. The third-order valence-electron chi connectivity index (χ3n) is 2.37. The Kier molecular flexibility index (Phi) is 2.04. The average molecular weight is 193 g/mol. The molecule has 4 heteroatoms. The van der Waals surface area contributed by atoms with E-state index in [1.165, 1.54) is 0 Å². The van der Waals surface area contributed by atoms with Gasteiger partial charge in [-0.1, -0.05) is 0 Å². The molecule has 1 aromatic rings. The van der Waals surface area contributed by atoms with Gasteiger partial charge in [0.15, 0.2) is 0 Å². The maximum atomic E-state index is 10.9. The van der Waals surface area contributed by atoms with Crippen molar-refractivity contribution >= 4 is 11.7 Å². The highest BCUT2D eigenvalue weighted by Crippen LogP contribution is 2.34. The monoisotopic (exact) mass is 193 g/mol. The van der Waals surface area contributed by atoms with Crippen molar-refractivity contribution in [2.45, 2.75) is 12.3 Å². The molecule has 1 heterocycles. The minimum Gasteiger partial charge on any atom is -0.493 e. The predicted octanol–water partition coefficient (Wildman–Crippen LogP) is 1.22. The van der Waals surface area contributed by atoms with E-state index in [0.717, 1.165) is 0 Å². The van der Waals surface area contributed by atoms with Gasteiger partial charge in [0.25, 0.3) is 0 Å². The number of hydrogen-bond acceptors (Lipinski definition) is 3. The molecule has 0 fully saturated rings. The molecule has 74 valence electrons. The lowest BCUT2D eigenvalue weighted by atomic mass is 9.93. The van der Waals surface area contributed by atoms with Crippen LogP contribution < -0.4 is 10.5 Å². The summed E-state index contributed by atoms with van der Waals surface area (Å²) in [5.41, 5.74) is 6.85. The van der Waals surface area contributed by atoms with E-state index in [9.17, 15) is 4.79 Å². The van der Waals surface area contributed by atoms with Gasteiger partial charge in [-0.3, -0.25) is 4.79 Å². The molecule has 0 spiro atoms. The molecule has 1 aromatic carbocycles. The number of aliphatic carboxylic acids is 1. The Labute approximate surface area is 81.3 Å². The molecule has 0 aromatic heterocycles. The van der Waals surface area contributed by atoms with Crippen LogP contribution in [0.15, 0.2) is 18.2 Å². The zero-order chi connectivity index (χ0) is 10.1. The fraction of sp³-hybridized carbons (Fsp3) is 0.300. The summed E-state index contributed by atoms with van der Waals surface area (Å²) in [6, 6.07) is 5.11. The van der Waals surface area contributed by atoms with E-state index in [4.69, 9.17) is 15.6 Å². The minimum atomic E-state index is -0.819. The number of carboxylic acids is 1. The van der Waals surface area contributed by atoms with Crippen LogP contribution in [0.5, 0.6) is 5.75 Å². The zero-order valence-electron chi connectivity index (χ0n) is 7.56. The lowest BCUT2D eigenvalue weighted by molar-refractivity contribution is -0.139. The Balaban J connectivity index is 2.46. The number of hydrogen-bond donors (Lipinski definition) is 2. The summed E-state index contributed by atoms with van der Waals surface area (Å²) in [6.07, 6.45) is 0.506. The van der Waals surface area contributed by atoms with Gasteiger partial charge in [0, 0.05) is 11.3 Å². The predicted molar refractivity (Wildman–Crippen MR) is 51.3 cm³/mol. The Morgan fingerprint density at radius 2 is 2.36 bits per heavy atom. The van der Waals surface area contributed by atoms with Crippen molar-refractivity contribution < 1.29 is 14.6 Å². The number of carbonyl (C=O) groups is 1. The smallest absolute Gasteiger partial charge is 0.311 e. The Hall–Kier alpha value is -1.71. The fourth-order valence-electron chi connectivity index (χ4n) is 1.67. The van der Waals surface area contributed by atoms with Gasteiger partial charge < -0.3 is 15.6 Å². The Bertz CT molecular complexity index is 376. The summed E-state index contributed by atoms with van der Waals surface area (Å²) in [7, 11) is 0. The zero-order valence-corrected chi connectivity index (χ0v) is 7.56. The van der Waals surface area contributed by atoms with Gasteiger partial charge in [-0.25, -0.2) is 0 Å². The van der Waals surface area contributed by atoms with Gasteiger partial charge in [-0.15, -0.1) is 0 Å². The Morgan fingerprint density at radius 1 is 1.57 bits per heavy atom. The van der Waals surface area contributed by atoms with E-state index in [0.29, 0.717) is 30.0 Å². The largest absolute Gasteiger partial charge is 0.493 e. The summed E-state index contributed by atoms with van der Waals surface area (Å²) in [5, 5.41) is 8.98. The second-order valence-corrected chi connectivity index (χ2v) is 3.33. The number of fused-ring (bicyclic) bond motifs is 1. The number of ether oxygens (including phenoxy) is 1. The molecule has 1 atom stereocenters. The van der Waals surface area contributed by atoms with Crippen molar-refractivity contribution in [1.29, 1.82) is 0 Å². The third-order valence-corrected chi connectivity index (χ3v) is 2.37. The highest BCUT2D eigenvalue weighted by molar-refractivity contribution is 5.78. The van der Waals surface area contributed by atoms with Crippen molar-refractivity contribution in [3.63, 3.8) is 0 Å². The van der Waals surface area contributed by atoms with E-state index >= 15 is 0 Å². The number of benzene rings is 1. The van der Waals surface area contributed by atoms with Crippen molar-refractivity contribution in [2.24, 2.45) is 0 Å². The topological polar surface area (TPSA) is 72.6 Å². The molecule has 0 bridgehead atoms. The summed E-state index contributed by atoms with van der Waals surface area (Å²) in [4.78, 5) is 10.9. The molecule has 1 aliphatic rings. The molecule has 0 aliphatic carbocycles. The summed E-state index contributed by atoms with van der Waals surface area (Å²) < 4.78 is 5.34. The second-order valence-electron chi connectivity index (χ2n) is 3.33. The van der Waals surface area contributed by atoms with Crippen LogP contribution in [0.25, 0.3) is 0 Å². The van der Waals surface area contributed by atoms with Crippen LogP contribution in [0.4, 0.5) is 5.69 Å². The van der Waals surface area contributed by atoms with Crippen LogP contribution in [0, 0.1) is 0 Å². The van der Waals surface area contributed by atoms with Gasteiger partial charge >= 0.3 is 5.97 Å². The minimum absolute atomic E-state index is 0.452. The lowest BCUT2D eigenvalue weighted by Gasteiger charge is -2.23. The number of nitrogen functional groups attached to an aromatic ring is 1. The van der Waals surface area contributed by atoms with E-state index < -0.39 is 11.9 Å². The molecule has 0 saturated heterocycles. The maximum Gasteiger partial charge on any atom is 0.311 e. The highest BCUT2D eigenvalue weighted by atomic mass is 16.5. The van der Waals surface area contributed by atoms with E-state index in [1.54, 1.807) is 18.2 Å². The SMILES string of the molecule is Nc1ccc2c(c1)C(C(=O)O)CCO2. The molecule has 0 amide bonds. The van der Waals surface area contributed by atoms with Gasteiger partial charge in [0.05, 0.1) is 12.5 Å². The normalized spacial score (nSPS) is 19.6. The molecule has 0 radical (unpaired) electrons. The fourth-order valence-corrected chi connectivity index (χ4v) is 1.67. The first-order valence-electron chi connectivity index (χ1n) is 4.43. The quantitative estimate of drug-likeness (QED) is 0.658. The maximum absolute atomic E-state index is 10.9. The van der Waals surface area contributed by atoms with E-state index in [-0.39, 0.29) is 0 Å². The van der Waals surface area contributed by atoms with Crippen LogP contribution >= 0.6 is 0 Å². The Morgan fingerprint density at radius 3 is 3.07 bits per heavy atom. The molecule has 14 heavy (non-hydrogen) atoms. The van der Waals surface area contributed by atoms with E-state index in [2.05, 4.69) is 0 Å². The summed E-state index contributed by atoms with van der Waals surface area (Å²) in [5.74, 6) is -0.666. The van der Waals surface area contributed by atoms with Crippen molar-refractivity contribution in [3.05, 3.63) is 23.8 Å². The molecule has 2 rings (SSSR count). The molecule has 0 saturated carbocycles. The molecule has 3 N–H and O–H groups in total. The molecule has 4 nitrogen and oxygen atoms in total. The first-order valence-corrected chi connectivity index (χ1v) is 4.43. The first kappa shape index (κ1) is 8.87. The molecule has 1 aliphatic heterocycles. The lowest BCUT2D eigenvalue weighted by Crippen LogP contribution is -2.20. The van der Waals surface area contributed by atoms with Crippen LogP contribution in [0.2, 0.25) is 0 Å². The van der Waals surface area contributed by atoms with Gasteiger partial charge in [0.1, 0.15) is 5.75 Å². The summed E-state index contributed by atoms with van der Waals surface area (Å²) >= 11 is 0. The van der Waals surface area contributed by atoms with Gasteiger partial charge in [0.2, 0.25) is 0 Å². The van der Waals surface area contributed by atoms with Crippen LogP contribution in [0.3, 0.4) is 0 Å². The van der Waals surface area contributed by atoms with Crippen LogP contribution in [-0.2, 0) is 4.79 Å². The van der Waals surface area contributed by atoms with Gasteiger partial charge in [-0.2, -0.15) is 0 Å². The molecular formula is C10H11NO3. The van der Waals surface area contributed by atoms with Crippen molar-refractivity contribution in [1.82, 2.24) is 0 Å². The number of rotatable bonds is 1. The van der Waals surface area contributed by atoms with Gasteiger partial charge in [-0.05, 0) is 24.6 Å². The standard InChI is InChI=1S/C10H11NO3/c11-6-1-2-9-8(5-6)7(10(12)13)3-4-14-9/h1-2,5,7H,3-4,11H2,(H,12,13). The van der Waals surface area contributed by atoms with Crippen molar-refractivity contribution in [2.75, 3.05) is 12.3 Å². The van der Waals surface area contributed by atoms with E-state index in [1.807, 2.05) is 0 Å². The third kappa shape index (κ3) is 1.39.